The Kier molecular flexibility index (Phi) is 5.67. The van der Waals surface area contributed by atoms with E-state index < -0.39 is 40.7 Å². The first-order chi connectivity index (χ1) is 12.5. The van der Waals surface area contributed by atoms with E-state index in [9.17, 15) is 32.9 Å². The van der Waals surface area contributed by atoms with Crippen molar-refractivity contribution in [3.8, 4) is 0 Å². The third-order valence-corrected chi connectivity index (χ3v) is 4.17. The third kappa shape index (κ3) is 4.52. The summed E-state index contributed by atoms with van der Waals surface area (Å²) in [6.07, 6.45) is -3.72. The third-order valence-electron chi connectivity index (χ3n) is 4.17. The van der Waals surface area contributed by atoms with Gasteiger partial charge in [-0.3, -0.25) is 19.7 Å². The number of nitro benzene ring substituents is 1. The molecular weight excluding hydrogens is 367 g/mol. The number of likely N-dealkylation sites (N-methyl/N-ethyl adjacent to an activating group) is 1. The zero-order chi connectivity index (χ0) is 20.4. The van der Waals surface area contributed by atoms with Gasteiger partial charge in [0.15, 0.2) is 0 Å². The number of carbonyl (C=O) groups excluding carboxylic acids is 1. The van der Waals surface area contributed by atoms with Gasteiger partial charge in [-0.1, -0.05) is 12.1 Å². The molecule has 2 aromatic rings. The highest BCUT2D eigenvalue weighted by atomic mass is 19.4. The summed E-state index contributed by atoms with van der Waals surface area (Å²) in [6.45, 7) is 1.03. The number of pyridine rings is 1. The number of rotatable bonds is 5. The normalized spacial score (nSPS) is 12.5. The average molecular weight is 383 g/mol. The van der Waals surface area contributed by atoms with Gasteiger partial charge in [0.2, 0.25) is 5.91 Å². The van der Waals surface area contributed by atoms with Crippen molar-refractivity contribution >= 4 is 11.6 Å². The Labute approximate surface area is 151 Å². The summed E-state index contributed by atoms with van der Waals surface area (Å²) in [6, 6.07) is 6.79. The topological polar surface area (TPSA) is 85.4 Å². The number of hydrogen-bond acceptors (Lipinski definition) is 4. The summed E-state index contributed by atoms with van der Waals surface area (Å²) in [5, 5.41) is 10.9. The Morgan fingerprint density at radius 1 is 1.30 bits per heavy atom. The fourth-order valence-corrected chi connectivity index (χ4v) is 2.47. The van der Waals surface area contributed by atoms with Crippen molar-refractivity contribution in [3.05, 3.63) is 74.2 Å². The van der Waals surface area contributed by atoms with Crippen LogP contribution in [0.5, 0.6) is 0 Å². The first-order valence-electron chi connectivity index (χ1n) is 7.79. The van der Waals surface area contributed by atoms with E-state index in [2.05, 4.69) is 0 Å². The van der Waals surface area contributed by atoms with Gasteiger partial charge >= 0.3 is 6.18 Å². The Morgan fingerprint density at radius 3 is 2.56 bits per heavy atom. The molecule has 0 saturated carbocycles. The molecule has 1 aromatic heterocycles. The predicted octanol–water partition coefficient (Wildman–Crippen LogP) is 2.99. The summed E-state index contributed by atoms with van der Waals surface area (Å²) in [5.74, 6) is -0.615. The molecule has 27 heavy (non-hydrogen) atoms. The van der Waals surface area contributed by atoms with Crippen LogP contribution in [0.3, 0.4) is 0 Å². The van der Waals surface area contributed by atoms with Crippen LogP contribution >= 0.6 is 0 Å². The summed E-state index contributed by atoms with van der Waals surface area (Å²) in [7, 11) is 1.41. The quantitative estimate of drug-likeness (QED) is 0.587. The number of halogens is 3. The van der Waals surface area contributed by atoms with Gasteiger partial charge in [-0.25, -0.2) is 0 Å². The Balaban J connectivity index is 2.22. The van der Waals surface area contributed by atoms with Gasteiger partial charge in [-0.2, -0.15) is 13.2 Å². The zero-order valence-corrected chi connectivity index (χ0v) is 14.4. The van der Waals surface area contributed by atoms with Gasteiger partial charge < -0.3 is 9.47 Å². The van der Waals surface area contributed by atoms with Crippen LogP contribution in [-0.2, 0) is 17.5 Å². The summed E-state index contributed by atoms with van der Waals surface area (Å²) in [4.78, 5) is 35.9. The van der Waals surface area contributed by atoms with E-state index in [0.29, 0.717) is 16.2 Å². The van der Waals surface area contributed by atoms with Crippen LogP contribution in [0, 0.1) is 10.1 Å². The van der Waals surface area contributed by atoms with Gasteiger partial charge in [0.25, 0.3) is 11.2 Å². The van der Waals surface area contributed by atoms with Gasteiger partial charge in [0, 0.05) is 25.4 Å². The van der Waals surface area contributed by atoms with Crippen LogP contribution in [0.1, 0.15) is 24.1 Å². The molecular formula is C17H16F3N3O4. The minimum Gasteiger partial charge on any atom is -0.337 e. The first kappa shape index (κ1) is 20.1. The van der Waals surface area contributed by atoms with Gasteiger partial charge in [0.1, 0.15) is 12.1 Å². The van der Waals surface area contributed by atoms with E-state index in [1.54, 1.807) is 13.0 Å². The summed E-state index contributed by atoms with van der Waals surface area (Å²) < 4.78 is 39.1. The number of hydrogen-bond donors (Lipinski definition) is 0. The van der Waals surface area contributed by atoms with Crippen molar-refractivity contribution in [2.75, 3.05) is 7.05 Å². The lowest BCUT2D eigenvalue weighted by Gasteiger charge is -2.25. The molecule has 1 heterocycles. The lowest BCUT2D eigenvalue weighted by Crippen LogP contribution is -2.37. The van der Waals surface area contributed by atoms with E-state index in [1.165, 1.54) is 30.1 Å². The molecule has 0 N–H and O–H groups in total. The van der Waals surface area contributed by atoms with E-state index in [4.69, 9.17) is 0 Å². The average Bonchev–Trinajstić information content (AvgIpc) is 2.61. The first-order valence-corrected chi connectivity index (χ1v) is 7.79. The molecule has 0 fully saturated rings. The SMILES string of the molecule is C[C@H](c1cccc([N+](=O)[O-])c1)N(C)C(=O)Cn1cccc(C(F)(F)F)c1=O. The van der Waals surface area contributed by atoms with Crippen molar-refractivity contribution in [2.24, 2.45) is 0 Å². The fourth-order valence-electron chi connectivity index (χ4n) is 2.47. The molecule has 10 heteroatoms. The maximum Gasteiger partial charge on any atom is 0.421 e. The van der Waals surface area contributed by atoms with Crippen LogP contribution in [-0.4, -0.2) is 27.3 Å². The van der Waals surface area contributed by atoms with Crippen LogP contribution in [0.2, 0.25) is 0 Å². The predicted molar refractivity (Wildman–Crippen MR) is 90.0 cm³/mol. The van der Waals surface area contributed by atoms with Gasteiger partial charge in [0.05, 0.1) is 11.0 Å². The highest BCUT2D eigenvalue weighted by Gasteiger charge is 2.34. The molecule has 2 rings (SSSR count). The van der Waals surface area contributed by atoms with Crippen molar-refractivity contribution in [1.29, 1.82) is 0 Å². The number of carbonyl (C=O) groups is 1. The van der Waals surface area contributed by atoms with E-state index >= 15 is 0 Å². The largest absolute Gasteiger partial charge is 0.421 e. The number of aromatic nitrogens is 1. The lowest BCUT2D eigenvalue weighted by atomic mass is 10.1. The molecule has 1 atom stereocenters. The molecule has 1 amide bonds. The van der Waals surface area contributed by atoms with Crippen LogP contribution in [0.25, 0.3) is 0 Å². The highest BCUT2D eigenvalue weighted by molar-refractivity contribution is 5.76. The minimum atomic E-state index is -4.81. The number of non-ortho nitro benzene ring substituents is 1. The molecule has 0 aliphatic rings. The monoisotopic (exact) mass is 383 g/mol. The van der Waals surface area contributed by atoms with E-state index in [-0.39, 0.29) is 5.69 Å². The van der Waals surface area contributed by atoms with Crippen LogP contribution < -0.4 is 5.56 Å². The maximum atomic E-state index is 12.8. The molecule has 0 aliphatic carbocycles. The molecule has 1 aromatic carbocycles. The molecule has 0 radical (unpaired) electrons. The molecule has 144 valence electrons. The molecule has 0 aliphatic heterocycles. The van der Waals surface area contributed by atoms with E-state index in [1.807, 2.05) is 0 Å². The number of amides is 1. The second-order valence-electron chi connectivity index (χ2n) is 5.89. The molecule has 0 bridgehead atoms. The second kappa shape index (κ2) is 7.60. The minimum absolute atomic E-state index is 0.144. The molecule has 0 spiro atoms. The number of nitro groups is 1. The van der Waals surface area contributed by atoms with Crippen molar-refractivity contribution < 1.29 is 22.9 Å². The van der Waals surface area contributed by atoms with Crippen molar-refractivity contribution in [3.63, 3.8) is 0 Å². The molecule has 7 nitrogen and oxygen atoms in total. The smallest absolute Gasteiger partial charge is 0.337 e. The van der Waals surface area contributed by atoms with Crippen molar-refractivity contribution in [2.45, 2.75) is 25.7 Å². The Hall–Kier alpha value is -3.17. The van der Waals surface area contributed by atoms with Gasteiger partial charge in [-0.05, 0) is 24.6 Å². The maximum absolute atomic E-state index is 12.8. The zero-order valence-electron chi connectivity index (χ0n) is 14.4. The lowest BCUT2D eigenvalue weighted by molar-refractivity contribution is -0.384. The standard InChI is InChI=1S/C17H16F3N3O4/c1-11(12-5-3-6-13(9-12)23(26)27)21(2)15(24)10-22-8-4-7-14(16(22)25)17(18,19)20/h3-9,11H,10H2,1-2H3/t11-/m1/s1. The number of benzene rings is 1. The molecule has 0 saturated heterocycles. The van der Waals surface area contributed by atoms with Gasteiger partial charge in [-0.15, -0.1) is 0 Å². The second-order valence-corrected chi connectivity index (χ2v) is 5.89. The fraction of sp³-hybridized carbons (Fsp3) is 0.294. The number of nitrogens with zero attached hydrogens (tertiary/aromatic N) is 3. The van der Waals surface area contributed by atoms with Crippen LogP contribution in [0.4, 0.5) is 18.9 Å². The highest BCUT2D eigenvalue weighted by Crippen LogP contribution is 2.26. The Morgan fingerprint density at radius 2 is 1.96 bits per heavy atom. The summed E-state index contributed by atoms with van der Waals surface area (Å²) in [5.41, 5.74) is -2.33. The van der Waals surface area contributed by atoms with Crippen LogP contribution in [0.15, 0.2) is 47.4 Å². The summed E-state index contributed by atoms with van der Waals surface area (Å²) >= 11 is 0. The number of alkyl halides is 3. The Bertz CT molecular complexity index is 924. The van der Waals surface area contributed by atoms with Crippen molar-refractivity contribution in [1.82, 2.24) is 9.47 Å². The molecule has 0 unspecified atom stereocenters. The van der Waals surface area contributed by atoms with E-state index in [0.717, 1.165) is 12.3 Å².